The fourth-order valence-corrected chi connectivity index (χ4v) is 1.60. The van der Waals surface area contributed by atoms with Gasteiger partial charge < -0.3 is 11.1 Å². The van der Waals surface area contributed by atoms with E-state index in [9.17, 15) is 4.79 Å². The molecular formula is C12H17N5O. The van der Waals surface area contributed by atoms with Crippen LogP contribution in [0.3, 0.4) is 0 Å². The Kier molecular flexibility index (Phi) is 2.94. The van der Waals surface area contributed by atoms with Crippen LogP contribution < -0.4 is 11.1 Å². The maximum atomic E-state index is 10.8. The molecule has 6 heteroatoms. The molecule has 0 atom stereocenters. The molecule has 18 heavy (non-hydrogen) atoms. The number of rotatable bonds is 3. The zero-order valence-electron chi connectivity index (χ0n) is 10.8. The molecule has 3 N–H and O–H groups in total. The minimum absolute atomic E-state index is 0.0347. The average molecular weight is 247 g/mol. The monoisotopic (exact) mass is 247 g/mol. The molecule has 0 aromatic carbocycles. The molecule has 0 saturated heterocycles. The first kappa shape index (κ1) is 12.3. The maximum absolute atomic E-state index is 10.8. The quantitative estimate of drug-likeness (QED) is 0.844. The minimum atomic E-state index is -0.422. The zero-order chi connectivity index (χ0) is 13.3. The summed E-state index contributed by atoms with van der Waals surface area (Å²) in [6.07, 6.45) is 3.41. The molecule has 2 heterocycles. The van der Waals surface area contributed by atoms with Crippen molar-refractivity contribution in [1.29, 1.82) is 0 Å². The molecule has 0 aliphatic carbocycles. The summed E-state index contributed by atoms with van der Waals surface area (Å²) in [6, 6.07) is 1.97. The molecule has 0 bridgehead atoms. The van der Waals surface area contributed by atoms with Gasteiger partial charge in [0.25, 0.3) is 0 Å². The lowest BCUT2D eigenvalue weighted by Crippen LogP contribution is -2.22. The number of carbonyl (C=O) groups excluding carboxylic acids is 1. The number of primary amides is 1. The van der Waals surface area contributed by atoms with E-state index in [1.165, 1.54) is 0 Å². The summed E-state index contributed by atoms with van der Waals surface area (Å²) in [5.74, 6) is 0.189. The van der Waals surface area contributed by atoms with Gasteiger partial charge in [-0.05, 0) is 6.07 Å². The van der Waals surface area contributed by atoms with Gasteiger partial charge >= 0.3 is 0 Å². The number of nitrogens with one attached hydrogen (secondary N) is 1. The predicted molar refractivity (Wildman–Crippen MR) is 69.4 cm³/mol. The summed E-state index contributed by atoms with van der Waals surface area (Å²) in [5, 5.41) is 7.40. The molecule has 0 aliphatic heterocycles. The second-order valence-corrected chi connectivity index (χ2v) is 5.21. The summed E-state index contributed by atoms with van der Waals surface area (Å²) in [4.78, 5) is 15.0. The summed E-state index contributed by atoms with van der Waals surface area (Å²) in [6.45, 7) is 6.35. The van der Waals surface area contributed by atoms with Crippen LogP contribution in [0.4, 0.5) is 5.82 Å². The summed E-state index contributed by atoms with van der Waals surface area (Å²) < 4.78 is 1.75. The van der Waals surface area contributed by atoms with Crippen LogP contribution in [0, 0.1) is 0 Å². The molecule has 1 amide bonds. The largest absolute Gasteiger partial charge is 0.368 e. The van der Waals surface area contributed by atoms with Crippen molar-refractivity contribution in [2.45, 2.75) is 26.2 Å². The topological polar surface area (TPSA) is 85.3 Å². The van der Waals surface area contributed by atoms with Crippen LogP contribution in [0.5, 0.6) is 0 Å². The first-order valence-corrected chi connectivity index (χ1v) is 5.75. The molecule has 6 nitrogen and oxygen atoms in total. The van der Waals surface area contributed by atoms with Crippen LogP contribution in [-0.4, -0.2) is 27.0 Å². The lowest BCUT2D eigenvalue weighted by molar-refractivity contribution is -0.116. The Balaban J connectivity index is 2.42. The Morgan fingerprint density at radius 1 is 1.50 bits per heavy atom. The van der Waals surface area contributed by atoms with E-state index in [-0.39, 0.29) is 12.0 Å². The molecule has 0 spiro atoms. The number of nitrogens with zero attached hydrogens (tertiary/aromatic N) is 3. The average Bonchev–Trinajstić information content (AvgIpc) is 2.69. The van der Waals surface area contributed by atoms with E-state index in [1.54, 1.807) is 16.9 Å². The highest BCUT2D eigenvalue weighted by atomic mass is 16.1. The van der Waals surface area contributed by atoms with Gasteiger partial charge in [0.1, 0.15) is 5.52 Å². The fourth-order valence-electron chi connectivity index (χ4n) is 1.60. The number of amides is 1. The van der Waals surface area contributed by atoms with Gasteiger partial charge in [0.2, 0.25) is 5.91 Å². The van der Waals surface area contributed by atoms with Gasteiger partial charge in [-0.3, -0.25) is 4.79 Å². The SMILES string of the molecule is CC(C)(C)c1cc2c(NCC(N)=O)nccn2n1. The Labute approximate surface area is 105 Å². The number of nitrogens with two attached hydrogens (primary N) is 1. The lowest BCUT2D eigenvalue weighted by Gasteiger charge is -2.13. The number of fused-ring (bicyclic) bond motifs is 1. The highest BCUT2D eigenvalue weighted by molar-refractivity contribution is 5.80. The third-order valence-corrected chi connectivity index (χ3v) is 2.59. The molecule has 2 aromatic rings. The zero-order valence-corrected chi connectivity index (χ0v) is 10.8. The second kappa shape index (κ2) is 4.29. The van der Waals surface area contributed by atoms with Gasteiger partial charge in [-0.25, -0.2) is 9.50 Å². The number of hydrogen-bond donors (Lipinski definition) is 2. The lowest BCUT2D eigenvalue weighted by atomic mass is 9.92. The van der Waals surface area contributed by atoms with Crippen molar-refractivity contribution in [2.24, 2.45) is 5.73 Å². The van der Waals surface area contributed by atoms with Gasteiger partial charge in [0.15, 0.2) is 5.82 Å². The third kappa shape index (κ3) is 2.42. The van der Waals surface area contributed by atoms with Gasteiger partial charge in [-0.1, -0.05) is 20.8 Å². The Bertz CT molecular complexity index is 582. The van der Waals surface area contributed by atoms with Gasteiger partial charge in [-0.2, -0.15) is 5.10 Å². The van der Waals surface area contributed by atoms with E-state index in [0.717, 1.165) is 11.2 Å². The molecule has 0 fully saturated rings. The molecule has 2 aromatic heterocycles. The van der Waals surface area contributed by atoms with Crippen molar-refractivity contribution in [2.75, 3.05) is 11.9 Å². The van der Waals surface area contributed by atoms with Gasteiger partial charge in [-0.15, -0.1) is 0 Å². The second-order valence-electron chi connectivity index (χ2n) is 5.21. The highest BCUT2D eigenvalue weighted by Crippen LogP contribution is 2.24. The van der Waals surface area contributed by atoms with Crippen molar-refractivity contribution in [1.82, 2.24) is 14.6 Å². The Morgan fingerprint density at radius 2 is 2.22 bits per heavy atom. The normalized spacial score (nSPS) is 11.7. The first-order valence-electron chi connectivity index (χ1n) is 5.75. The van der Waals surface area contributed by atoms with Crippen molar-refractivity contribution in [3.63, 3.8) is 0 Å². The Hall–Kier alpha value is -2.11. The molecule has 96 valence electrons. The van der Waals surface area contributed by atoms with Gasteiger partial charge in [0.05, 0.1) is 12.2 Å². The van der Waals surface area contributed by atoms with Crippen molar-refractivity contribution >= 4 is 17.2 Å². The van der Waals surface area contributed by atoms with Crippen LogP contribution in [-0.2, 0) is 10.2 Å². The van der Waals surface area contributed by atoms with E-state index in [0.29, 0.717) is 5.82 Å². The highest BCUT2D eigenvalue weighted by Gasteiger charge is 2.19. The number of aromatic nitrogens is 3. The predicted octanol–water partition coefficient (Wildman–Crippen LogP) is 0.924. The summed E-state index contributed by atoms with van der Waals surface area (Å²) in [5.41, 5.74) is 6.88. The van der Waals surface area contributed by atoms with E-state index in [2.05, 4.69) is 36.2 Å². The molecule has 0 radical (unpaired) electrons. The third-order valence-electron chi connectivity index (χ3n) is 2.59. The number of anilines is 1. The first-order chi connectivity index (χ1) is 8.38. The summed E-state index contributed by atoms with van der Waals surface area (Å²) >= 11 is 0. The van der Waals surface area contributed by atoms with Crippen LogP contribution >= 0.6 is 0 Å². The smallest absolute Gasteiger partial charge is 0.236 e. The van der Waals surface area contributed by atoms with Crippen molar-refractivity contribution in [3.8, 4) is 0 Å². The Morgan fingerprint density at radius 3 is 2.83 bits per heavy atom. The molecule has 2 rings (SSSR count). The van der Waals surface area contributed by atoms with E-state index in [4.69, 9.17) is 5.73 Å². The standard InChI is InChI=1S/C12H17N5O/c1-12(2,3)9-6-8-11(15-7-10(13)18)14-4-5-17(8)16-9/h4-6H,7H2,1-3H3,(H2,13,18)(H,14,15). The minimum Gasteiger partial charge on any atom is -0.368 e. The summed E-state index contributed by atoms with van der Waals surface area (Å²) in [7, 11) is 0. The molecular weight excluding hydrogens is 230 g/mol. The van der Waals surface area contributed by atoms with E-state index < -0.39 is 5.91 Å². The van der Waals surface area contributed by atoms with Crippen LogP contribution in [0.15, 0.2) is 18.5 Å². The molecule has 0 saturated carbocycles. The van der Waals surface area contributed by atoms with Gasteiger partial charge in [0, 0.05) is 17.8 Å². The molecule has 0 aliphatic rings. The molecule has 0 unspecified atom stereocenters. The van der Waals surface area contributed by atoms with Crippen molar-refractivity contribution in [3.05, 3.63) is 24.2 Å². The number of carbonyl (C=O) groups is 1. The van der Waals surface area contributed by atoms with Crippen LogP contribution in [0.2, 0.25) is 0 Å². The maximum Gasteiger partial charge on any atom is 0.236 e. The van der Waals surface area contributed by atoms with Crippen LogP contribution in [0.1, 0.15) is 26.5 Å². The van der Waals surface area contributed by atoms with Crippen molar-refractivity contribution < 1.29 is 4.79 Å². The number of hydrogen-bond acceptors (Lipinski definition) is 4. The van der Waals surface area contributed by atoms with Crippen LogP contribution in [0.25, 0.3) is 5.52 Å². The van der Waals surface area contributed by atoms with E-state index >= 15 is 0 Å². The van der Waals surface area contributed by atoms with E-state index in [1.807, 2.05) is 6.07 Å². The fraction of sp³-hybridized carbons (Fsp3) is 0.417.